The van der Waals surface area contributed by atoms with E-state index in [-0.39, 0.29) is 12.4 Å². The van der Waals surface area contributed by atoms with Crippen LogP contribution in [0.5, 0.6) is 0 Å². The molecule has 0 fully saturated rings. The van der Waals surface area contributed by atoms with Crippen molar-refractivity contribution in [1.82, 2.24) is 4.57 Å². The standard InChI is InChI=1S/C13H15N2.ClH/c1-3-14-9-10-15(12(14)2)11-13-7-5-4-6-8-13;/h3-10H,1,11H2,2H3;1H/q+1;/p-1. The smallest absolute Gasteiger partial charge is 0.258 e. The topological polar surface area (TPSA) is 8.81 Å². The summed E-state index contributed by atoms with van der Waals surface area (Å²) in [5, 5.41) is 0. The molecule has 1 heterocycles. The molecule has 1 aromatic carbocycles. The van der Waals surface area contributed by atoms with Gasteiger partial charge in [-0.05, 0) is 5.56 Å². The molecule has 2 aromatic rings. The lowest BCUT2D eigenvalue weighted by Gasteiger charge is -1.99. The van der Waals surface area contributed by atoms with Gasteiger partial charge in [0.25, 0.3) is 5.82 Å². The van der Waals surface area contributed by atoms with Gasteiger partial charge in [-0.3, -0.25) is 0 Å². The van der Waals surface area contributed by atoms with E-state index in [4.69, 9.17) is 0 Å². The van der Waals surface area contributed by atoms with Gasteiger partial charge >= 0.3 is 0 Å². The Morgan fingerprint density at radius 3 is 2.56 bits per heavy atom. The summed E-state index contributed by atoms with van der Waals surface area (Å²) >= 11 is 0. The Hall–Kier alpha value is -1.54. The fourth-order valence-corrected chi connectivity index (χ4v) is 1.66. The van der Waals surface area contributed by atoms with Crippen molar-refractivity contribution in [3.8, 4) is 0 Å². The third-order valence-electron chi connectivity index (χ3n) is 2.59. The van der Waals surface area contributed by atoms with Crippen molar-refractivity contribution < 1.29 is 17.0 Å². The molecule has 0 saturated carbocycles. The van der Waals surface area contributed by atoms with Crippen molar-refractivity contribution in [1.29, 1.82) is 0 Å². The summed E-state index contributed by atoms with van der Waals surface area (Å²) in [7, 11) is 0. The molecular formula is C13H15ClN2. The molecule has 0 unspecified atom stereocenters. The SMILES string of the molecule is C=Cn1cc[n+](Cc2ccccc2)c1C.[Cl-]. The molecule has 2 nitrogen and oxygen atoms in total. The molecule has 0 spiro atoms. The Balaban J connectivity index is 0.00000128. The van der Waals surface area contributed by atoms with E-state index in [2.05, 4.69) is 48.5 Å². The molecule has 0 aliphatic rings. The molecule has 0 amide bonds. The third kappa shape index (κ3) is 2.52. The number of imidazole rings is 1. The van der Waals surface area contributed by atoms with E-state index < -0.39 is 0 Å². The fraction of sp³-hybridized carbons (Fsp3) is 0.154. The number of hydrogen-bond acceptors (Lipinski definition) is 0. The molecule has 84 valence electrons. The molecular weight excluding hydrogens is 220 g/mol. The zero-order valence-electron chi connectivity index (χ0n) is 9.31. The van der Waals surface area contributed by atoms with Crippen LogP contribution in [0.1, 0.15) is 11.4 Å². The zero-order chi connectivity index (χ0) is 10.7. The van der Waals surface area contributed by atoms with Gasteiger partial charge in [0, 0.05) is 6.92 Å². The number of aromatic nitrogens is 2. The Labute approximate surface area is 102 Å². The summed E-state index contributed by atoms with van der Waals surface area (Å²) in [6.07, 6.45) is 5.91. The second-order valence-corrected chi connectivity index (χ2v) is 3.55. The number of halogens is 1. The van der Waals surface area contributed by atoms with Crippen LogP contribution in [0.25, 0.3) is 6.20 Å². The van der Waals surface area contributed by atoms with Gasteiger partial charge in [0.1, 0.15) is 18.9 Å². The minimum Gasteiger partial charge on any atom is -1.00 e. The summed E-state index contributed by atoms with van der Waals surface area (Å²) in [6.45, 7) is 6.76. The quantitative estimate of drug-likeness (QED) is 0.618. The predicted molar refractivity (Wildman–Crippen MR) is 61.3 cm³/mol. The van der Waals surface area contributed by atoms with E-state index in [1.54, 1.807) is 0 Å². The zero-order valence-corrected chi connectivity index (χ0v) is 10.1. The summed E-state index contributed by atoms with van der Waals surface area (Å²) in [5.41, 5.74) is 1.31. The normalized spacial score (nSPS) is 9.56. The monoisotopic (exact) mass is 234 g/mol. The molecule has 0 radical (unpaired) electrons. The van der Waals surface area contributed by atoms with Gasteiger partial charge in [-0.15, -0.1) is 0 Å². The van der Waals surface area contributed by atoms with Crippen LogP contribution in [-0.2, 0) is 6.54 Å². The number of benzene rings is 1. The maximum absolute atomic E-state index is 3.76. The van der Waals surface area contributed by atoms with Crippen molar-refractivity contribution in [2.45, 2.75) is 13.5 Å². The Kier molecular flexibility index (Phi) is 4.32. The molecule has 0 saturated heterocycles. The number of nitrogens with zero attached hydrogens (tertiary/aromatic N) is 2. The van der Waals surface area contributed by atoms with E-state index in [1.165, 1.54) is 11.4 Å². The van der Waals surface area contributed by atoms with Crippen molar-refractivity contribution in [3.63, 3.8) is 0 Å². The minimum absolute atomic E-state index is 0. The number of rotatable bonds is 3. The van der Waals surface area contributed by atoms with E-state index in [9.17, 15) is 0 Å². The maximum Gasteiger partial charge on any atom is 0.258 e. The first-order valence-electron chi connectivity index (χ1n) is 5.04. The molecule has 3 heteroatoms. The molecule has 0 bridgehead atoms. The third-order valence-corrected chi connectivity index (χ3v) is 2.59. The highest BCUT2D eigenvalue weighted by Gasteiger charge is 2.09. The van der Waals surface area contributed by atoms with E-state index >= 15 is 0 Å². The van der Waals surface area contributed by atoms with Crippen LogP contribution in [0.2, 0.25) is 0 Å². The summed E-state index contributed by atoms with van der Waals surface area (Å²) in [4.78, 5) is 0. The number of hydrogen-bond donors (Lipinski definition) is 0. The van der Waals surface area contributed by atoms with E-state index in [0.29, 0.717) is 0 Å². The van der Waals surface area contributed by atoms with Crippen molar-refractivity contribution in [2.24, 2.45) is 0 Å². The largest absolute Gasteiger partial charge is 1.00 e. The fourth-order valence-electron chi connectivity index (χ4n) is 1.66. The molecule has 0 aliphatic carbocycles. The van der Waals surface area contributed by atoms with Crippen LogP contribution in [0.4, 0.5) is 0 Å². The lowest BCUT2D eigenvalue weighted by Crippen LogP contribution is -3.00. The lowest BCUT2D eigenvalue weighted by molar-refractivity contribution is -0.693. The molecule has 0 atom stereocenters. The van der Waals surface area contributed by atoms with E-state index in [1.807, 2.05) is 23.0 Å². The molecule has 0 N–H and O–H groups in total. The summed E-state index contributed by atoms with van der Waals surface area (Å²) in [6, 6.07) is 10.4. The predicted octanol–water partition coefficient (Wildman–Crippen LogP) is -0.763. The van der Waals surface area contributed by atoms with Gasteiger partial charge in [0.2, 0.25) is 0 Å². The first-order chi connectivity index (χ1) is 7.31. The Morgan fingerprint density at radius 2 is 2.00 bits per heavy atom. The van der Waals surface area contributed by atoms with Crippen LogP contribution in [-0.4, -0.2) is 4.57 Å². The van der Waals surface area contributed by atoms with Gasteiger partial charge in [-0.1, -0.05) is 36.9 Å². The average Bonchev–Trinajstić information content (AvgIpc) is 2.62. The van der Waals surface area contributed by atoms with Crippen LogP contribution < -0.4 is 17.0 Å². The molecule has 0 aliphatic heterocycles. The maximum atomic E-state index is 3.76. The van der Waals surface area contributed by atoms with Gasteiger partial charge < -0.3 is 12.4 Å². The highest BCUT2D eigenvalue weighted by atomic mass is 35.5. The minimum atomic E-state index is 0. The van der Waals surface area contributed by atoms with Gasteiger partial charge in [-0.2, -0.15) is 0 Å². The second-order valence-electron chi connectivity index (χ2n) is 3.55. The highest BCUT2D eigenvalue weighted by molar-refractivity contribution is 5.17. The summed E-state index contributed by atoms with van der Waals surface area (Å²) in [5.74, 6) is 1.19. The van der Waals surface area contributed by atoms with Crippen molar-refractivity contribution >= 4 is 6.20 Å². The van der Waals surface area contributed by atoms with Gasteiger partial charge in [0.05, 0.1) is 6.20 Å². The first-order valence-corrected chi connectivity index (χ1v) is 5.04. The Morgan fingerprint density at radius 1 is 1.31 bits per heavy atom. The molecule has 2 rings (SSSR count). The van der Waals surface area contributed by atoms with Crippen LogP contribution in [0, 0.1) is 6.92 Å². The second kappa shape index (κ2) is 5.52. The Bertz CT molecular complexity index is 460. The van der Waals surface area contributed by atoms with Crippen molar-refractivity contribution in [2.75, 3.05) is 0 Å². The van der Waals surface area contributed by atoms with Gasteiger partial charge in [-0.25, -0.2) is 9.13 Å². The molecule has 1 aromatic heterocycles. The summed E-state index contributed by atoms with van der Waals surface area (Å²) < 4.78 is 4.22. The van der Waals surface area contributed by atoms with Crippen molar-refractivity contribution in [3.05, 3.63) is 60.7 Å². The van der Waals surface area contributed by atoms with Gasteiger partial charge in [0.15, 0.2) is 0 Å². The van der Waals surface area contributed by atoms with E-state index in [0.717, 1.165) is 6.54 Å². The van der Waals surface area contributed by atoms with Crippen LogP contribution in [0.3, 0.4) is 0 Å². The van der Waals surface area contributed by atoms with Crippen LogP contribution in [0.15, 0.2) is 49.3 Å². The van der Waals surface area contributed by atoms with Crippen LogP contribution >= 0.6 is 0 Å². The first kappa shape index (κ1) is 12.5. The average molecular weight is 235 g/mol. The molecule has 16 heavy (non-hydrogen) atoms. The highest BCUT2D eigenvalue weighted by Crippen LogP contribution is 2.00. The lowest BCUT2D eigenvalue weighted by atomic mass is 10.2.